The van der Waals surface area contributed by atoms with Gasteiger partial charge in [0, 0.05) is 6.26 Å². The van der Waals surface area contributed by atoms with Gasteiger partial charge in [-0.15, -0.1) is 0 Å². The van der Waals surface area contributed by atoms with Gasteiger partial charge in [-0.3, -0.25) is 4.79 Å². The van der Waals surface area contributed by atoms with Gasteiger partial charge in [0.1, 0.15) is 10.7 Å². The summed E-state index contributed by atoms with van der Waals surface area (Å²) in [6, 6.07) is 3.51. The Morgan fingerprint density at radius 1 is 1.41 bits per heavy atom. The minimum atomic E-state index is -3.62. The van der Waals surface area contributed by atoms with E-state index < -0.39 is 31.9 Å². The van der Waals surface area contributed by atoms with Crippen molar-refractivity contribution in [1.29, 1.82) is 0 Å². The fraction of sp³-hybridized carbons (Fsp3) is 0.364. The van der Waals surface area contributed by atoms with Gasteiger partial charge in [-0.05, 0) is 30.5 Å². The highest BCUT2D eigenvalue weighted by Crippen LogP contribution is 2.48. The van der Waals surface area contributed by atoms with Crippen LogP contribution in [0.25, 0.3) is 0 Å². The number of halogens is 1. The highest BCUT2D eigenvalue weighted by molar-refractivity contribution is 7.90. The monoisotopic (exact) mass is 258 g/mol. The summed E-state index contributed by atoms with van der Waals surface area (Å²) < 4.78 is 36.0. The van der Waals surface area contributed by atoms with E-state index in [1.165, 1.54) is 6.07 Å². The van der Waals surface area contributed by atoms with Crippen molar-refractivity contribution >= 4 is 15.8 Å². The predicted molar refractivity (Wildman–Crippen MR) is 58.1 cm³/mol. The minimum absolute atomic E-state index is 0.329. The van der Waals surface area contributed by atoms with Gasteiger partial charge in [-0.2, -0.15) is 0 Å². The molecule has 0 unspecified atom stereocenters. The van der Waals surface area contributed by atoms with Crippen LogP contribution in [0.15, 0.2) is 23.1 Å². The smallest absolute Gasteiger partial charge is 0.314 e. The van der Waals surface area contributed by atoms with Crippen molar-refractivity contribution in [3.05, 3.63) is 29.6 Å². The molecule has 1 aliphatic carbocycles. The van der Waals surface area contributed by atoms with Gasteiger partial charge in [0.15, 0.2) is 9.84 Å². The Balaban J connectivity index is 2.49. The fourth-order valence-corrected chi connectivity index (χ4v) is 2.58. The second-order valence-corrected chi connectivity index (χ2v) is 6.29. The number of aliphatic carboxylic acids is 1. The SMILES string of the molecule is CS(=O)(=O)c1ccc(C2(C(=O)O)CC2)cc1F. The van der Waals surface area contributed by atoms with Crippen molar-refractivity contribution < 1.29 is 22.7 Å². The van der Waals surface area contributed by atoms with Crippen LogP contribution in [0.2, 0.25) is 0 Å². The zero-order valence-corrected chi connectivity index (χ0v) is 9.92. The number of carboxylic acids is 1. The Labute approximate surface area is 98.0 Å². The Morgan fingerprint density at radius 2 is 2.00 bits per heavy atom. The van der Waals surface area contributed by atoms with Crippen LogP contribution in [-0.4, -0.2) is 25.7 Å². The molecule has 1 saturated carbocycles. The van der Waals surface area contributed by atoms with E-state index in [2.05, 4.69) is 0 Å². The number of hydrogen-bond acceptors (Lipinski definition) is 3. The maximum Gasteiger partial charge on any atom is 0.314 e. The highest BCUT2D eigenvalue weighted by Gasteiger charge is 2.52. The van der Waals surface area contributed by atoms with E-state index >= 15 is 0 Å². The molecule has 0 amide bonds. The largest absolute Gasteiger partial charge is 0.481 e. The number of sulfone groups is 1. The van der Waals surface area contributed by atoms with E-state index in [1.807, 2.05) is 0 Å². The van der Waals surface area contributed by atoms with Crippen molar-refractivity contribution in [1.82, 2.24) is 0 Å². The van der Waals surface area contributed by atoms with Crippen molar-refractivity contribution in [3.8, 4) is 0 Å². The van der Waals surface area contributed by atoms with Crippen LogP contribution in [0, 0.1) is 5.82 Å². The van der Waals surface area contributed by atoms with E-state index in [0.29, 0.717) is 18.4 Å². The second kappa shape index (κ2) is 3.53. The van der Waals surface area contributed by atoms with Crippen molar-refractivity contribution in [2.24, 2.45) is 0 Å². The standard InChI is InChI=1S/C11H11FO4S/c1-17(15,16)9-3-2-7(6-8(9)12)11(4-5-11)10(13)14/h2-3,6H,4-5H2,1H3,(H,13,14). The lowest BCUT2D eigenvalue weighted by atomic mass is 9.96. The third-order valence-electron chi connectivity index (χ3n) is 3.04. The van der Waals surface area contributed by atoms with E-state index in [0.717, 1.165) is 18.4 Å². The van der Waals surface area contributed by atoms with Crippen LogP contribution in [-0.2, 0) is 20.0 Å². The molecule has 0 aliphatic heterocycles. The Hall–Kier alpha value is -1.43. The van der Waals surface area contributed by atoms with E-state index in [9.17, 15) is 17.6 Å². The summed E-state index contributed by atoms with van der Waals surface area (Å²) in [5, 5.41) is 9.04. The zero-order valence-electron chi connectivity index (χ0n) is 9.10. The quantitative estimate of drug-likeness (QED) is 0.888. The van der Waals surface area contributed by atoms with E-state index in [1.54, 1.807) is 0 Å². The molecule has 1 aliphatic rings. The zero-order chi connectivity index (χ0) is 12.8. The van der Waals surface area contributed by atoms with Crippen molar-refractivity contribution in [3.63, 3.8) is 0 Å². The molecule has 0 saturated heterocycles. The van der Waals surface area contributed by atoms with Gasteiger partial charge in [-0.1, -0.05) is 6.07 Å². The van der Waals surface area contributed by atoms with Gasteiger partial charge in [0.25, 0.3) is 0 Å². The predicted octanol–water partition coefficient (Wildman–Crippen LogP) is 1.35. The second-order valence-electron chi connectivity index (χ2n) is 4.30. The summed E-state index contributed by atoms with van der Waals surface area (Å²) in [4.78, 5) is 10.6. The minimum Gasteiger partial charge on any atom is -0.481 e. The van der Waals surface area contributed by atoms with Crippen LogP contribution in [0.3, 0.4) is 0 Å². The fourth-order valence-electron chi connectivity index (χ4n) is 1.85. The van der Waals surface area contributed by atoms with Gasteiger partial charge in [0.2, 0.25) is 0 Å². The number of carboxylic acid groups (broad SMARTS) is 1. The molecular formula is C11H11FO4S. The molecule has 0 bridgehead atoms. The molecule has 1 fully saturated rings. The summed E-state index contributed by atoms with van der Waals surface area (Å²) in [6.07, 6.45) is 1.83. The summed E-state index contributed by atoms with van der Waals surface area (Å²) in [6.45, 7) is 0. The molecular weight excluding hydrogens is 247 g/mol. The highest BCUT2D eigenvalue weighted by atomic mass is 32.2. The van der Waals surface area contributed by atoms with Crippen molar-refractivity contribution in [2.75, 3.05) is 6.26 Å². The molecule has 2 rings (SSSR count). The molecule has 0 spiro atoms. The van der Waals surface area contributed by atoms with E-state index in [-0.39, 0.29) is 0 Å². The summed E-state index contributed by atoms with van der Waals surface area (Å²) in [5.41, 5.74) is -0.688. The Kier molecular flexibility index (Phi) is 2.50. The molecule has 0 aromatic heterocycles. The number of hydrogen-bond donors (Lipinski definition) is 1. The first-order valence-electron chi connectivity index (χ1n) is 5.01. The average molecular weight is 258 g/mol. The van der Waals surface area contributed by atoms with Gasteiger partial charge >= 0.3 is 5.97 Å². The Morgan fingerprint density at radius 3 is 2.35 bits per heavy atom. The molecule has 0 radical (unpaired) electrons. The van der Waals surface area contributed by atoms with Crippen LogP contribution in [0.1, 0.15) is 18.4 Å². The maximum absolute atomic E-state index is 13.6. The lowest BCUT2D eigenvalue weighted by Crippen LogP contribution is -2.20. The number of benzene rings is 1. The molecule has 4 nitrogen and oxygen atoms in total. The summed E-state index contributed by atoms with van der Waals surface area (Å²) in [7, 11) is -3.62. The lowest BCUT2D eigenvalue weighted by Gasteiger charge is -2.11. The van der Waals surface area contributed by atoms with Gasteiger partial charge in [-0.25, -0.2) is 12.8 Å². The topological polar surface area (TPSA) is 71.4 Å². The molecule has 92 valence electrons. The first kappa shape index (κ1) is 12.0. The van der Waals surface area contributed by atoms with Crippen LogP contribution in [0.4, 0.5) is 4.39 Å². The molecule has 0 heterocycles. The van der Waals surface area contributed by atoms with Crippen LogP contribution in [0.5, 0.6) is 0 Å². The molecule has 1 aromatic carbocycles. The lowest BCUT2D eigenvalue weighted by molar-refractivity contribution is -0.140. The molecule has 0 atom stereocenters. The van der Waals surface area contributed by atoms with Crippen LogP contribution >= 0.6 is 0 Å². The van der Waals surface area contributed by atoms with Crippen molar-refractivity contribution in [2.45, 2.75) is 23.2 Å². The molecule has 17 heavy (non-hydrogen) atoms. The molecule has 1 aromatic rings. The number of carbonyl (C=O) groups is 1. The van der Waals surface area contributed by atoms with Crippen LogP contribution < -0.4 is 0 Å². The Bertz CT molecular complexity index is 587. The third-order valence-corrected chi connectivity index (χ3v) is 4.17. The van der Waals surface area contributed by atoms with Gasteiger partial charge in [0.05, 0.1) is 5.41 Å². The summed E-state index contributed by atoms with van der Waals surface area (Å²) in [5.74, 6) is -1.89. The van der Waals surface area contributed by atoms with E-state index in [4.69, 9.17) is 5.11 Å². The normalized spacial score (nSPS) is 17.8. The first-order chi connectivity index (χ1) is 7.77. The first-order valence-corrected chi connectivity index (χ1v) is 6.90. The molecule has 6 heteroatoms. The van der Waals surface area contributed by atoms with Gasteiger partial charge < -0.3 is 5.11 Å². The average Bonchev–Trinajstić information content (AvgIpc) is 2.95. The third kappa shape index (κ3) is 1.93. The summed E-state index contributed by atoms with van der Waals surface area (Å²) >= 11 is 0. The maximum atomic E-state index is 13.6. The molecule has 1 N–H and O–H groups in total. The number of rotatable bonds is 3.